The van der Waals surface area contributed by atoms with E-state index in [0.29, 0.717) is 5.56 Å². The highest BCUT2D eigenvalue weighted by Gasteiger charge is 2.14. The average molecular weight is 282 g/mol. The van der Waals surface area contributed by atoms with Crippen molar-refractivity contribution < 1.29 is 9.53 Å². The van der Waals surface area contributed by atoms with E-state index in [1.807, 2.05) is 19.1 Å². The topological polar surface area (TPSA) is 26.3 Å². The molecule has 0 unspecified atom stereocenters. The number of rotatable bonds is 2. The molecule has 110 valence electrons. The number of carbonyl (C=O) groups excluding carboxylic acids is 1. The van der Waals surface area contributed by atoms with Crippen LogP contribution in [0.3, 0.4) is 0 Å². The molecule has 2 rings (SSSR count). The Labute approximate surface area is 126 Å². The Morgan fingerprint density at radius 2 is 1.62 bits per heavy atom. The Kier molecular flexibility index (Phi) is 4.17. The Morgan fingerprint density at radius 3 is 2.14 bits per heavy atom. The highest BCUT2D eigenvalue weighted by Crippen LogP contribution is 2.28. The van der Waals surface area contributed by atoms with E-state index in [4.69, 9.17) is 4.74 Å². The predicted molar refractivity (Wildman–Crippen MR) is 86.7 cm³/mol. The Morgan fingerprint density at radius 1 is 1.00 bits per heavy atom. The smallest absolute Gasteiger partial charge is 0.337 e. The molecule has 0 amide bonds. The van der Waals surface area contributed by atoms with E-state index in [1.54, 1.807) is 6.07 Å². The fourth-order valence-electron chi connectivity index (χ4n) is 2.33. The lowest BCUT2D eigenvalue weighted by Gasteiger charge is -2.19. The lowest BCUT2D eigenvalue weighted by atomic mass is 9.86. The lowest BCUT2D eigenvalue weighted by molar-refractivity contribution is 0.0601. The molecular weight excluding hydrogens is 260 g/mol. The van der Waals surface area contributed by atoms with Gasteiger partial charge in [0.05, 0.1) is 12.7 Å². The summed E-state index contributed by atoms with van der Waals surface area (Å²) in [5.74, 6) is -0.303. The normalized spacial score (nSPS) is 11.3. The van der Waals surface area contributed by atoms with Gasteiger partial charge in [0.1, 0.15) is 0 Å². The van der Waals surface area contributed by atoms with Crippen LogP contribution in [0.2, 0.25) is 0 Å². The maximum Gasteiger partial charge on any atom is 0.337 e. The molecule has 0 aromatic heterocycles. The van der Waals surface area contributed by atoms with Gasteiger partial charge in [-0.3, -0.25) is 0 Å². The first-order valence-corrected chi connectivity index (χ1v) is 7.13. The Hall–Kier alpha value is -2.09. The number of ether oxygens (including phenoxy) is 1. The van der Waals surface area contributed by atoms with Gasteiger partial charge >= 0.3 is 5.97 Å². The SMILES string of the molecule is COC(=O)c1ccc(C)c(-c2ccc(C(C)(C)C)cc2)c1. The van der Waals surface area contributed by atoms with Crippen LogP contribution in [0.4, 0.5) is 0 Å². The zero-order chi connectivity index (χ0) is 15.6. The second-order valence-electron chi connectivity index (χ2n) is 6.35. The van der Waals surface area contributed by atoms with Crippen LogP contribution in [-0.4, -0.2) is 13.1 Å². The minimum Gasteiger partial charge on any atom is -0.465 e. The zero-order valence-corrected chi connectivity index (χ0v) is 13.4. The van der Waals surface area contributed by atoms with Crippen molar-refractivity contribution in [3.63, 3.8) is 0 Å². The number of aryl methyl sites for hydroxylation is 1. The summed E-state index contributed by atoms with van der Waals surface area (Å²) in [7, 11) is 1.40. The molecule has 0 saturated heterocycles. The van der Waals surface area contributed by atoms with Gasteiger partial charge in [0, 0.05) is 0 Å². The third kappa shape index (κ3) is 3.33. The zero-order valence-electron chi connectivity index (χ0n) is 13.4. The molecule has 0 fully saturated rings. The summed E-state index contributed by atoms with van der Waals surface area (Å²) in [5.41, 5.74) is 5.35. The molecule has 0 saturated carbocycles. The van der Waals surface area contributed by atoms with Gasteiger partial charge in [-0.15, -0.1) is 0 Å². The fraction of sp³-hybridized carbons (Fsp3) is 0.316. The van der Waals surface area contributed by atoms with Crippen molar-refractivity contribution >= 4 is 5.97 Å². The van der Waals surface area contributed by atoms with Crippen LogP contribution < -0.4 is 0 Å². The van der Waals surface area contributed by atoms with Gasteiger partial charge in [-0.05, 0) is 46.7 Å². The summed E-state index contributed by atoms with van der Waals surface area (Å²) in [6.45, 7) is 8.65. The molecule has 2 aromatic carbocycles. The van der Waals surface area contributed by atoms with Crippen LogP contribution in [0, 0.1) is 6.92 Å². The van der Waals surface area contributed by atoms with E-state index in [0.717, 1.165) is 16.7 Å². The van der Waals surface area contributed by atoms with Crippen molar-refractivity contribution in [3.05, 3.63) is 59.2 Å². The van der Waals surface area contributed by atoms with Crippen molar-refractivity contribution in [1.29, 1.82) is 0 Å². The summed E-state index contributed by atoms with van der Waals surface area (Å²) in [6, 6.07) is 14.2. The largest absolute Gasteiger partial charge is 0.465 e. The Bertz CT molecular complexity index is 646. The molecule has 2 aromatic rings. The highest BCUT2D eigenvalue weighted by molar-refractivity contribution is 5.91. The number of carbonyl (C=O) groups is 1. The Balaban J connectivity index is 2.44. The van der Waals surface area contributed by atoms with Crippen LogP contribution in [0.1, 0.15) is 42.3 Å². The average Bonchev–Trinajstić information content (AvgIpc) is 2.46. The number of methoxy groups -OCH3 is 1. The maximum atomic E-state index is 11.7. The standard InChI is InChI=1S/C19H22O2/c1-13-6-7-15(18(20)21-5)12-17(13)14-8-10-16(11-9-14)19(2,3)4/h6-12H,1-5H3. The lowest BCUT2D eigenvalue weighted by Crippen LogP contribution is -2.10. The first-order chi connectivity index (χ1) is 9.82. The minimum atomic E-state index is -0.303. The van der Waals surface area contributed by atoms with Gasteiger partial charge < -0.3 is 4.74 Å². The predicted octanol–water partition coefficient (Wildman–Crippen LogP) is 4.75. The molecule has 0 spiro atoms. The quantitative estimate of drug-likeness (QED) is 0.743. The second kappa shape index (κ2) is 5.72. The fourth-order valence-corrected chi connectivity index (χ4v) is 2.33. The molecule has 0 atom stereocenters. The molecule has 0 aliphatic rings. The van der Waals surface area contributed by atoms with E-state index >= 15 is 0 Å². The first kappa shape index (κ1) is 15.3. The second-order valence-corrected chi connectivity index (χ2v) is 6.35. The number of benzene rings is 2. The number of hydrogen-bond acceptors (Lipinski definition) is 2. The van der Waals surface area contributed by atoms with E-state index in [2.05, 4.69) is 45.0 Å². The molecule has 0 aliphatic heterocycles. The van der Waals surface area contributed by atoms with Crippen LogP contribution in [0.25, 0.3) is 11.1 Å². The van der Waals surface area contributed by atoms with Gasteiger partial charge in [0.25, 0.3) is 0 Å². The van der Waals surface area contributed by atoms with Gasteiger partial charge in [0.2, 0.25) is 0 Å². The van der Waals surface area contributed by atoms with E-state index < -0.39 is 0 Å². The van der Waals surface area contributed by atoms with E-state index in [9.17, 15) is 4.79 Å². The van der Waals surface area contributed by atoms with Crippen molar-refractivity contribution in [2.75, 3.05) is 7.11 Å². The van der Waals surface area contributed by atoms with Crippen LogP contribution in [0.5, 0.6) is 0 Å². The number of esters is 1. The van der Waals surface area contributed by atoms with Gasteiger partial charge in [-0.2, -0.15) is 0 Å². The molecule has 2 heteroatoms. The summed E-state index contributed by atoms with van der Waals surface area (Å²) < 4.78 is 4.79. The summed E-state index contributed by atoms with van der Waals surface area (Å²) in [4.78, 5) is 11.7. The molecular formula is C19H22O2. The van der Waals surface area contributed by atoms with E-state index in [-0.39, 0.29) is 11.4 Å². The van der Waals surface area contributed by atoms with Crippen molar-refractivity contribution in [2.24, 2.45) is 0 Å². The molecule has 0 N–H and O–H groups in total. The molecule has 2 nitrogen and oxygen atoms in total. The van der Waals surface area contributed by atoms with E-state index in [1.165, 1.54) is 12.7 Å². The van der Waals surface area contributed by atoms with Gasteiger partial charge in [-0.1, -0.05) is 51.1 Å². The first-order valence-electron chi connectivity index (χ1n) is 7.13. The van der Waals surface area contributed by atoms with Crippen LogP contribution in [0.15, 0.2) is 42.5 Å². The molecule has 0 heterocycles. The molecule has 21 heavy (non-hydrogen) atoms. The maximum absolute atomic E-state index is 11.7. The third-order valence-electron chi connectivity index (χ3n) is 3.72. The third-order valence-corrected chi connectivity index (χ3v) is 3.72. The van der Waals surface area contributed by atoms with Crippen molar-refractivity contribution in [2.45, 2.75) is 33.1 Å². The molecule has 0 bridgehead atoms. The van der Waals surface area contributed by atoms with Crippen LogP contribution in [-0.2, 0) is 10.2 Å². The summed E-state index contributed by atoms with van der Waals surface area (Å²) in [6.07, 6.45) is 0. The monoisotopic (exact) mass is 282 g/mol. The minimum absolute atomic E-state index is 0.140. The summed E-state index contributed by atoms with van der Waals surface area (Å²) in [5, 5.41) is 0. The van der Waals surface area contributed by atoms with Gasteiger partial charge in [0.15, 0.2) is 0 Å². The molecule has 0 radical (unpaired) electrons. The van der Waals surface area contributed by atoms with Crippen molar-refractivity contribution in [1.82, 2.24) is 0 Å². The number of hydrogen-bond donors (Lipinski definition) is 0. The summed E-state index contributed by atoms with van der Waals surface area (Å²) >= 11 is 0. The molecule has 0 aliphatic carbocycles. The van der Waals surface area contributed by atoms with Gasteiger partial charge in [-0.25, -0.2) is 4.79 Å². The van der Waals surface area contributed by atoms with Crippen LogP contribution >= 0.6 is 0 Å². The van der Waals surface area contributed by atoms with Crippen molar-refractivity contribution in [3.8, 4) is 11.1 Å². The highest BCUT2D eigenvalue weighted by atomic mass is 16.5.